The summed E-state index contributed by atoms with van der Waals surface area (Å²) in [6, 6.07) is 8.03. The first-order valence-electron chi connectivity index (χ1n) is 9.99. The average Bonchev–Trinajstić information content (AvgIpc) is 3.11. The number of para-hydroxylation sites is 2. The van der Waals surface area contributed by atoms with Crippen molar-refractivity contribution in [3.63, 3.8) is 0 Å². The second-order valence-electron chi connectivity index (χ2n) is 7.55. The lowest BCUT2D eigenvalue weighted by atomic mass is 10.2. The van der Waals surface area contributed by atoms with Gasteiger partial charge in [0.1, 0.15) is 17.0 Å². The minimum Gasteiger partial charge on any atom is -0.366 e. The van der Waals surface area contributed by atoms with Crippen molar-refractivity contribution in [2.45, 2.75) is 32.3 Å². The fourth-order valence-corrected chi connectivity index (χ4v) is 4.06. The molecular weight excluding hydrogens is 405 g/mol. The van der Waals surface area contributed by atoms with Gasteiger partial charge in [0.2, 0.25) is 5.95 Å². The zero-order valence-electron chi connectivity index (χ0n) is 17.2. The van der Waals surface area contributed by atoms with Gasteiger partial charge in [-0.05, 0) is 32.9 Å². The van der Waals surface area contributed by atoms with Gasteiger partial charge in [-0.3, -0.25) is 5.32 Å². The Hall–Kier alpha value is -2.71. The van der Waals surface area contributed by atoms with Crippen LogP contribution in [0.4, 0.5) is 21.7 Å². The number of nitrogens with one attached hydrogen (secondary N) is 2. The summed E-state index contributed by atoms with van der Waals surface area (Å²) < 4.78 is 16.6. The second-order valence-corrected chi connectivity index (χ2v) is 8.08. The maximum absolute atomic E-state index is 14.6. The number of halogens is 2. The Bertz CT molecular complexity index is 1040. The molecule has 1 aliphatic rings. The summed E-state index contributed by atoms with van der Waals surface area (Å²) in [7, 11) is 0. The van der Waals surface area contributed by atoms with Gasteiger partial charge in [0.05, 0.1) is 29.5 Å². The fourth-order valence-electron chi connectivity index (χ4n) is 3.79. The third-order valence-electron chi connectivity index (χ3n) is 5.10. The predicted octanol–water partition coefficient (Wildman–Crippen LogP) is 4.09. The molecule has 9 heteroatoms. The van der Waals surface area contributed by atoms with Crippen molar-refractivity contribution >= 4 is 28.9 Å². The highest BCUT2D eigenvalue weighted by Crippen LogP contribution is 2.30. The summed E-state index contributed by atoms with van der Waals surface area (Å²) in [5, 5.41) is 6.48. The highest BCUT2D eigenvalue weighted by atomic mass is 35.5. The molecule has 0 spiro atoms. The summed E-state index contributed by atoms with van der Waals surface area (Å²) in [6.45, 7) is 8.29. The topological polar surface area (TPSA) is 70.9 Å². The first-order valence-corrected chi connectivity index (χ1v) is 10.4. The summed E-state index contributed by atoms with van der Waals surface area (Å²) >= 11 is 6.27. The van der Waals surface area contributed by atoms with Crippen molar-refractivity contribution in [2.24, 2.45) is 0 Å². The van der Waals surface area contributed by atoms with E-state index in [1.807, 2.05) is 49.6 Å². The van der Waals surface area contributed by atoms with E-state index >= 15 is 0 Å². The van der Waals surface area contributed by atoms with Gasteiger partial charge in [-0.2, -0.15) is 0 Å². The standard InChI is InChI=1S/C21H25ClFN7/c1-13(2)30-14(3)25-11-18(30)20-15(23)10-26-21(28-20)27-16-6-4-5-7-17(16)29-9-8-24-19(22)12-29/h4-7,10-11,13,19,24H,8-9,12H2,1-3H3,(H,26,27,28). The SMILES string of the molecule is Cc1ncc(-c2nc(Nc3ccccc3N3CCNC(Cl)C3)ncc2F)n1C(C)C. The van der Waals surface area contributed by atoms with Crippen LogP contribution in [-0.2, 0) is 0 Å². The van der Waals surface area contributed by atoms with Crippen LogP contribution in [0.3, 0.4) is 0 Å². The first kappa shape index (κ1) is 20.6. The van der Waals surface area contributed by atoms with E-state index in [1.165, 1.54) is 6.20 Å². The monoisotopic (exact) mass is 429 g/mol. The maximum atomic E-state index is 14.6. The largest absolute Gasteiger partial charge is 0.366 e. The van der Waals surface area contributed by atoms with Gasteiger partial charge in [-0.1, -0.05) is 12.1 Å². The van der Waals surface area contributed by atoms with Crippen LogP contribution in [0.5, 0.6) is 0 Å². The molecule has 158 valence electrons. The number of alkyl halides is 1. The molecule has 4 rings (SSSR count). The number of rotatable bonds is 5. The van der Waals surface area contributed by atoms with E-state index in [0.29, 0.717) is 18.2 Å². The number of imidazole rings is 1. The van der Waals surface area contributed by atoms with Gasteiger partial charge < -0.3 is 14.8 Å². The van der Waals surface area contributed by atoms with Gasteiger partial charge in [-0.15, -0.1) is 11.6 Å². The van der Waals surface area contributed by atoms with Crippen LogP contribution >= 0.6 is 11.6 Å². The van der Waals surface area contributed by atoms with Gasteiger partial charge in [0, 0.05) is 25.7 Å². The molecule has 7 nitrogen and oxygen atoms in total. The summed E-state index contributed by atoms with van der Waals surface area (Å²) in [4.78, 5) is 15.2. The molecule has 0 amide bonds. The Kier molecular flexibility index (Phi) is 5.87. The molecule has 1 aromatic carbocycles. The lowest BCUT2D eigenvalue weighted by Crippen LogP contribution is -2.48. The van der Waals surface area contributed by atoms with Crippen molar-refractivity contribution in [3.8, 4) is 11.4 Å². The highest BCUT2D eigenvalue weighted by molar-refractivity contribution is 6.20. The van der Waals surface area contributed by atoms with Gasteiger partial charge in [0.15, 0.2) is 5.82 Å². The van der Waals surface area contributed by atoms with Crippen LogP contribution in [0, 0.1) is 12.7 Å². The van der Waals surface area contributed by atoms with E-state index < -0.39 is 5.82 Å². The van der Waals surface area contributed by atoms with Gasteiger partial charge in [-0.25, -0.2) is 19.3 Å². The number of anilines is 3. The molecule has 2 aromatic heterocycles. The fraction of sp³-hybridized carbons (Fsp3) is 0.381. The minimum absolute atomic E-state index is 0.111. The Labute approximate surface area is 180 Å². The number of aromatic nitrogens is 4. The molecular formula is C21H25ClFN7. The normalized spacial score (nSPS) is 16.9. The van der Waals surface area contributed by atoms with Crippen LogP contribution in [-0.4, -0.2) is 44.7 Å². The van der Waals surface area contributed by atoms with E-state index in [0.717, 1.165) is 30.3 Å². The molecule has 2 N–H and O–H groups in total. The van der Waals surface area contributed by atoms with Crippen molar-refractivity contribution in [3.05, 3.63) is 48.3 Å². The van der Waals surface area contributed by atoms with Crippen molar-refractivity contribution in [2.75, 3.05) is 29.9 Å². The molecule has 1 atom stereocenters. The Morgan fingerprint density at radius 1 is 1.23 bits per heavy atom. The van der Waals surface area contributed by atoms with E-state index in [4.69, 9.17) is 11.6 Å². The number of benzene rings is 1. The molecule has 30 heavy (non-hydrogen) atoms. The molecule has 0 radical (unpaired) electrons. The van der Waals surface area contributed by atoms with Gasteiger partial charge in [0.25, 0.3) is 0 Å². The van der Waals surface area contributed by atoms with Crippen LogP contribution < -0.4 is 15.5 Å². The number of piperazine rings is 1. The van der Waals surface area contributed by atoms with E-state index in [1.54, 1.807) is 6.20 Å². The van der Waals surface area contributed by atoms with Crippen molar-refractivity contribution in [1.29, 1.82) is 0 Å². The third kappa shape index (κ3) is 4.11. The molecule has 0 aliphatic carbocycles. The molecule has 3 heterocycles. The second kappa shape index (κ2) is 8.57. The predicted molar refractivity (Wildman–Crippen MR) is 118 cm³/mol. The minimum atomic E-state index is -0.484. The quantitative estimate of drug-likeness (QED) is 0.470. The van der Waals surface area contributed by atoms with Crippen molar-refractivity contribution < 1.29 is 4.39 Å². The smallest absolute Gasteiger partial charge is 0.228 e. The Morgan fingerprint density at radius 2 is 2.03 bits per heavy atom. The maximum Gasteiger partial charge on any atom is 0.228 e. The number of hydrogen-bond acceptors (Lipinski definition) is 6. The molecule has 1 aliphatic heterocycles. The lowest BCUT2D eigenvalue weighted by molar-refractivity contribution is 0.553. The molecule has 1 fully saturated rings. The Morgan fingerprint density at radius 3 is 2.80 bits per heavy atom. The summed E-state index contributed by atoms with van der Waals surface area (Å²) in [5.74, 6) is 0.653. The molecule has 1 unspecified atom stereocenters. The third-order valence-corrected chi connectivity index (χ3v) is 5.40. The van der Waals surface area contributed by atoms with E-state index in [9.17, 15) is 4.39 Å². The average molecular weight is 430 g/mol. The first-order chi connectivity index (χ1) is 14.4. The summed E-state index contributed by atoms with van der Waals surface area (Å²) in [5.41, 5.74) is 2.59. The van der Waals surface area contributed by atoms with Crippen molar-refractivity contribution in [1.82, 2.24) is 24.8 Å². The van der Waals surface area contributed by atoms with Crippen LogP contribution in [0.25, 0.3) is 11.4 Å². The number of hydrogen-bond donors (Lipinski definition) is 2. The van der Waals surface area contributed by atoms with E-state index in [2.05, 4.69) is 30.5 Å². The highest BCUT2D eigenvalue weighted by Gasteiger charge is 2.21. The molecule has 0 bridgehead atoms. The van der Waals surface area contributed by atoms with Crippen LogP contribution in [0.15, 0.2) is 36.7 Å². The van der Waals surface area contributed by atoms with Crippen LogP contribution in [0.1, 0.15) is 25.7 Å². The van der Waals surface area contributed by atoms with E-state index in [-0.39, 0.29) is 17.2 Å². The zero-order valence-corrected chi connectivity index (χ0v) is 18.0. The number of nitrogens with zero attached hydrogens (tertiary/aromatic N) is 5. The Balaban J connectivity index is 1.67. The molecule has 0 saturated carbocycles. The van der Waals surface area contributed by atoms with Crippen LogP contribution in [0.2, 0.25) is 0 Å². The lowest BCUT2D eigenvalue weighted by Gasteiger charge is -2.33. The van der Waals surface area contributed by atoms with Gasteiger partial charge >= 0.3 is 0 Å². The zero-order chi connectivity index (χ0) is 21.3. The molecule has 1 saturated heterocycles. The molecule has 3 aromatic rings. The number of aryl methyl sites for hydroxylation is 1. The summed E-state index contributed by atoms with van der Waals surface area (Å²) in [6.07, 6.45) is 2.85.